The third-order valence-electron chi connectivity index (χ3n) is 1.04. The number of rotatable bonds is 2. The number of hydrogen-bond acceptors (Lipinski definition) is 3. The van der Waals surface area contributed by atoms with E-state index in [1.807, 2.05) is 0 Å². The van der Waals surface area contributed by atoms with Crippen LogP contribution in [0.15, 0.2) is 18.8 Å². The van der Waals surface area contributed by atoms with Gasteiger partial charge in [0.2, 0.25) is 0 Å². The van der Waals surface area contributed by atoms with Gasteiger partial charge in [0.05, 0.1) is 4.90 Å². The average Bonchev–Trinajstić information content (AvgIpc) is 1.96. The van der Waals surface area contributed by atoms with E-state index >= 15 is 0 Å². The number of hydrogen-bond donors (Lipinski definition) is 0. The Morgan fingerprint density at radius 3 is 2.08 bits per heavy atom. The summed E-state index contributed by atoms with van der Waals surface area (Å²) in [4.78, 5) is 9.29. The second-order valence-electron chi connectivity index (χ2n) is 1.84. The first-order chi connectivity index (χ1) is 5.65. The summed E-state index contributed by atoms with van der Waals surface area (Å²) in [5.41, 5.74) is 0. The zero-order valence-corrected chi connectivity index (χ0v) is 11.7. The molecule has 0 saturated heterocycles. The van der Waals surface area contributed by atoms with E-state index in [1.54, 1.807) is 11.8 Å². The number of halogens is 3. The Hall–Kier alpha value is 0.870. The molecule has 0 aliphatic carbocycles. The normalized spacial score (nSPS) is 10.3. The minimum atomic E-state index is 0.585. The van der Waals surface area contributed by atoms with Crippen molar-refractivity contribution in [3.8, 4) is 0 Å². The highest BCUT2D eigenvalue weighted by atomic mass is 79.9. The third-order valence-corrected chi connectivity index (χ3v) is 4.04. The molecule has 0 fully saturated rings. The summed E-state index contributed by atoms with van der Waals surface area (Å²) >= 11 is 11.6. The average molecular weight is 377 g/mol. The number of thioether (sulfide) groups is 1. The molecule has 0 amide bonds. The largest absolute Gasteiger partial charge is 0.214 e. The van der Waals surface area contributed by atoms with Crippen LogP contribution in [-0.4, -0.2) is 15.7 Å². The van der Waals surface area contributed by atoms with E-state index < -0.39 is 0 Å². The van der Waals surface area contributed by atoms with Gasteiger partial charge in [0.15, 0.2) is 4.73 Å². The van der Waals surface area contributed by atoms with Crippen LogP contribution in [0, 0.1) is 0 Å². The van der Waals surface area contributed by atoms with Crippen LogP contribution < -0.4 is 0 Å². The Morgan fingerprint density at radius 1 is 1.17 bits per heavy atom. The summed E-state index contributed by atoms with van der Waals surface area (Å²) in [6.07, 6.45) is 0. The van der Waals surface area contributed by atoms with E-state index in [1.165, 1.54) is 0 Å². The Morgan fingerprint density at radius 2 is 1.67 bits per heavy atom. The van der Waals surface area contributed by atoms with Crippen molar-refractivity contribution in [2.45, 2.75) is 11.8 Å². The maximum atomic E-state index is 4.12. The van der Waals surface area contributed by atoms with E-state index in [9.17, 15) is 0 Å². The van der Waals surface area contributed by atoms with Gasteiger partial charge in [-0.05, 0) is 53.5 Å². The highest BCUT2D eigenvalue weighted by molar-refractivity contribution is 9.11. The van der Waals surface area contributed by atoms with Crippen LogP contribution in [0.1, 0.15) is 6.92 Å². The molecule has 0 atom stereocenters. The van der Waals surface area contributed by atoms with Crippen molar-refractivity contribution in [3.63, 3.8) is 0 Å². The lowest BCUT2D eigenvalue weighted by atomic mass is 10.7. The van der Waals surface area contributed by atoms with Gasteiger partial charge in [-0.3, -0.25) is 0 Å². The topological polar surface area (TPSA) is 25.8 Å². The van der Waals surface area contributed by atoms with Gasteiger partial charge in [0.1, 0.15) is 9.21 Å². The molecule has 1 aromatic rings. The van der Waals surface area contributed by atoms with Crippen LogP contribution in [0.4, 0.5) is 0 Å². The fraction of sp³-hybridized carbons (Fsp3) is 0.333. The van der Waals surface area contributed by atoms with Gasteiger partial charge < -0.3 is 0 Å². The second kappa shape index (κ2) is 4.93. The molecule has 0 aromatic carbocycles. The molecule has 1 rings (SSSR count). The molecule has 2 nitrogen and oxygen atoms in total. The van der Waals surface area contributed by atoms with Crippen molar-refractivity contribution in [1.29, 1.82) is 0 Å². The van der Waals surface area contributed by atoms with E-state index in [0.717, 1.165) is 19.9 Å². The molecule has 0 spiro atoms. The van der Waals surface area contributed by atoms with Crippen molar-refractivity contribution in [1.82, 2.24) is 9.97 Å². The summed E-state index contributed by atoms with van der Waals surface area (Å²) < 4.78 is 2.23. The van der Waals surface area contributed by atoms with E-state index in [0.29, 0.717) is 4.73 Å². The summed E-state index contributed by atoms with van der Waals surface area (Å²) in [6, 6.07) is 0. The van der Waals surface area contributed by atoms with Crippen LogP contribution >= 0.6 is 59.6 Å². The molecule has 0 N–H and O–H groups in total. The lowest BCUT2D eigenvalue weighted by Gasteiger charge is -2.03. The molecule has 66 valence electrons. The van der Waals surface area contributed by atoms with Crippen LogP contribution in [0.5, 0.6) is 0 Å². The van der Waals surface area contributed by atoms with Crippen molar-refractivity contribution < 1.29 is 0 Å². The monoisotopic (exact) mass is 374 g/mol. The smallest absolute Gasteiger partial charge is 0.198 e. The van der Waals surface area contributed by atoms with Gasteiger partial charge in [0, 0.05) is 0 Å². The van der Waals surface area contributed by atoms with Gasteiger partial charge in [-0.15, -0.1) is 11.8 Å². The quantitative estimate of drug-likeness (QED) is 0.445. The second-order valence-corrected chi connectivity index (χ2v) is 5.32. The maximum Gasteiger partial charge on any atom is 0.198 e. The first kappa shape index (κ1) is 10.9. The zero-order chi connectivity index (χ0) is 9.14. The summed E-state index contributed by atoms with van der Waals surface area (Å²) in [5.74, 6) is 1.00. The van der Waals surface area contributed by atoms with Crippen LogP contribution in [-0.2, 0) is 0 Å². The first-order valence-electron chi connectivity index (χ1n) is 3.16. The van der Waals surface area contributed by atoms with E-state index in [2.05, 4.69) is 64.7 Å². The van der Waals surface area contributed by atoms with Gasteiger partial charge in [-0.1, -0.05) is 6.92 Å². The van der Waals surface area contributed by atoms with Crippen molar-refractivity contribution >= 4 is 59.6 Å². The molecule has 6 heteroatoms. The highest BCUT2D eigenvalue weighted by Gasteiger charge is 2.08. The maximum absolute atomic E-state index is 4.12. The standard InChI is InChI=1S/C6H5Br3N2S/c1-2-12-3-4(7)10-6(9)11-5(3)8/h2H2,1H3. The lowest BCUT2D eigenvalue weighted by Crippen LogP contribution is -1.89. The number of aromatic nitrogens is 2. The fourth-order valence-corrected chi connectivity index (χ4v) is 3.75. The molecule has 1 aromatic heterocycles. The van der Waals surface area contributed by atoms with Crippen LogP contribution in [0.3, 0.4) is 0 Å². The predicted molar refractivity (Wildman–Crippen MR) is 61.5 cm³/mol. The summed E-state index contributed by atoms with van der Waals surface area (Å²) in [6.45, 7) is 2.09. The molecule has 0 radical (unpaired) electrons. The Kier molecular flexibility index (Phi) is 4.50. The fourth-order valence-electron chi connectivity index (χ4n) is 0.637. The molecular weight excluding hydrogens is 372 g/mol. The van der Waals surface area contributed by atoms with Crippen LogP contribution in [0.25, 0.3) is 0 Å². The predicted octanol–water partition coefficient (Wildman–Crippen LogP) is 3.88. The van der Waals surface area contributed by atoms with E-state index in [4.69, 9.17) is 0 Å². The minimum Gasteiger partial charge on any atom is -0.214 e. The Bertz CT molecular complexity index is 269. The molecule has 0 aliphatic heterocycles. The third kappa shape index (κ3) is 2.68. The van der Waals surface area contributed by atoms with Gasteiger partial charge >= 0.3 is 0 Å². The lowest BCUT2D eigenvalue weighted by molar-refractivity contribution is 0.992. The molecule has 0 saturated carbocycles. The highest BCUT2D eigenvalue weighted by Crippen LogP contribution is 2.32. The summed E-state index contributed by atoms with van der Waals surface area (Å²) in [5, 5.41) is 0. The van der Waals surface area contributed by atoms with E-state index in [-0.39, 0.29) is 0 Å². The molecule has 0 bridgehead atoms. The van der Waals surface area contributed by atoms with Gasteiger partial charge in [-0.25, -0.2) is 9.97 Å². The van der Waals surface area contributed by atoms with Gasteiger partial charge in [0.25, 0.3) is 0 Å². The molecule has 12 heavy (non-hydrogen) atoms. The SMILES string of the molecule is CCSc1c(Br)nc(Br)nc1Br. The number of nitrogens with zero attached hydrogens (tertiary/aromatic N) is 2. The van der Waals surface area contributed by atoms with Crippen LogP contribution in [0.2, 0.25) is 0 Å². The molecule has 0 unspecified atom stereocenters. The molecule has 0 aliphatic rings. The molecular formula is C6H5Br3N2S. The first-order valence-corrected chi connectivity index (χ1v) is 6.53. The van der Waals surface area contributed by atoms with Gasteiger partial charge in [-0.2, -0.15) is 0 Å². The summed E-state index contributed by atoms with van der Waals surface area (Å²) in [7, 11) is 0. The Labute approximate surface area is 100 Å². The van der Waals surface area contributed by atoms with Crippen molar-refractivity contribution in [2.75, 3.05) is 5.75 Å². The Balaban J connectivity index is 3.10. The van der Waals surface area contributed by atoms with Crippen molar-refractivity contribution in [3.05, 3.63) is 13.9 Å². The molecule has 1 heterocycles. The van der Waals surface area contributed by atoms with Crippen molar-refractivity contribution in [2.24, 2.45) is 0 Å². The zero-order valence-electron chi connectivity index (χ0n) is 6.14. The minimum absolute atomic E-state index is 0.585.